The molecule has 0 spiro atoms. The Morgan fingerprint density at radius 1 is 1.50 bits per heavy atom. The molecule has 5 heteroatoms. The van der Waals surface area contributed by atoms with Gasteiger partial charge in [0.15, 0.2) is 0 Å². The summed E-state index contributed by atoms with van der Waals surface area (Å²) in [6.45, 7) is 6.22. The van der Waals surface area contributed by atoms with Crippen LogP contribution < -0.4 is 5.32 Å². The molecule has 4 nitrogen and oxygen atoms in total. The lowest BCUT2D eigenvalue weighted by molar-refractivity contribution is 0.0997. The fourth-order valence-electron chi connectivity index (χ4n) is 2.52. The summed E-state index contributed by atoms with van der Waals surface area (Å²) in [7, 11) is 0. The van der Waals surface area contributed by atoms with Crippen LogP contribution >= 0.6 is 11.5 Å². The van der Waals surface area contributed by atoms with Gasteiger partial charge in [-0.15, -0.1) is 5.10 Å². The van der Waals surface area contributed by atoms with Crippen LogP contribution in [-0.2, 0) is 11.2 Å². The Labute approximate surface area is 113 Å². The zero-order chi connectivity index (χ0) is 12.8. The van der Waals surface area contributed by atoms with Gasteiger partial charge in [-0.3, -0.25) is 0 Å². The van der Waals surface area contributed by atoms with Crippen molar-refractivity contribution in [3.05, 3.63) is 10.6 Å². The van der Waals surface area contributed by atoms with Crippen LogP contribution in [0.5, 0.6) is 0 Å². The molecule has 0 radical (unpaired) electrons. The first-order chi connectivity index (χ1) is 8.85. The maximum Gasteiger partial charge on any atom is 0.0800 e. The molecule has 2 unspecified atom stereocenters. The van der Waals surface area contributed by atoms with E-state index >= 15 is 0 Å². The molecule has 1 aliphatic heterocycles. The third-order valence-corrected chi connectivity index (χ3v) is 4.37. The van der Waals surface area contributed by atoms with Crippen LogP contribution in [0.1, 0.15) is 56.1 Å². The van der Waals surface area contributed by atoms with Gasteiger partial charge < -0.3 is 10.1 Å². The second kappa shape index (κ2) is 7.16. The van der Waals surface area contributed by atoms with E-state index in [0.29, 0.717) is 12.1 Å². The van der Waals surface area contributed by atoms with E-state index < -0.39 is 0 Å². The highest BCUT2D eigenvalue weighted by Crippen LogP contribution is 2.27. The lowest BCUT2D eigenvalue weighted by atomic mass is 10.0. The van der Waals surface area contributed by atoms with Crippen molar-refractivity contribution in [1.29, 1.82) is 0 Å². The van der Waals surface area contributed by atoms with Crippen LogP contribution in [0.25, 0.3) is 0 Å². The van der Waals surface area contributed by atoms with Crippen LogP contribution in [0.2, 0.25) is 0 Å². The van der Waals surface area contributed by atoms with Crippen LogP contribution in [0.4, 0.5) is 0 Å². The Kier molecular flexibility index (Phi) is 5.53. The highest BCUT2D eigenvalue weighted by Gasteiger charge is 2.21. The van der Waals surface area contributed by atoms with Gasteiger partial charge in [0.1, 0.15) is 0 Å². The van der Waals surface area contributed by atoms with Gasteiger partial charge >= 0.3 is 0 Å². The monoisotopic (exact) mass is 269 g/mol. The van der Waals surface area contributed by atoms with E-state index in [4.69, 9.17) is 4.74 Å². The highest BCUT2D eigenvalue weighted by atomic mass is 32.1. The van der Waals surface area contributed by atoms with Gasteiger partial charge in [0, 0.05) is 12.6 Å². The predicted octanol–water partition coefficient (Wildman–Crippen LogP) is 2.71. The maximum atomic E-state index is 5.70. The Morgan fingerprint density at radius 2 is 2.39 bits per heavy atom. The number of rotatable bonds is 7. The fourth-order valence-corrected chi connectivity index (χ4v) is 3.37. The van der Waals surface area contributed by atoms with Gasteiger partial charge in [0.2, 0.25) is 0 Å². The first-order valence-electron chi connectivity index (χ1n) is 7.01. The third kappa shape index (κ3) is 3.49. The molecule has 0 aliphatic carbocycles. The summed E-state index contributed by atoms with van der Waals surface area (Å²) in [6, 6.07) is 0.397. The summed E-state index contributed by atoms with van der Waals surface area (Å²) in [6.07, 6.45) is 6.14. The van der Waals surface area contributed by atoms with Gasteiger partial charge in [-0.25, -0.2) is 0 Å². The zero-order valence-electron chi connectivity index (χ0n) is 11.3. The van der Waals surface area contributed by atoms with Crippen molar-refractivity contribution in [2.75, 3.05) is 13.2 Å². The maximum absolute atomic E-state index is 5.70. The Bertz CT molecular complexity index is 350. The third-order valence-electron chi connectivity index (χ3n) is 3.49. The van der Waals surface area contributed by atoms with Gasteiger partial charge in [0.05, 0.1) is 16.7 Å². The van der Waals surface area contributed by atoms with E-state index in [-0.39, 0.29) is 0 Å². The van der Waals surface area contributed by atoms with Crippen molar-refractivity contribution in [1.82, 2.24) is 14.9 Å². The van der Waals surface area contributed by atoms with Crippen molar-refractivity contribution in [3.8, 4) is 0 Å². The second-order valence-electron chi connectivity index (χ2n) is 4.76. The number of hydrogen-bond donors (Lipinski definition) is 1. The van der Waals surface area contributed by atoms with E-state index in [0.717, 1.165) is 38.1 Å². The largest absolute Gasteiger partial charge is 0.378 e. The lowest BCUT2D eigenvalue weighted by Gasteiger charge is -2.18. The Balaban J connectivity index is 1.94. The molecule has 18 heavy (non-hydrogen) atoms. The van der Waals surface area contributed by atoms with Crippen molar-refractivity contribution >= 4 is 11.5 Å². The number of hydrogen-bond acceptors (Lipinski definition) is 5. The van der Waals surface area contributed by atoms with Crippen LogP contribution in [0.3, 0.4) is 0 Å². The average Bonchev–Trinajstić information content (AvgIpc) is 3.04. The number of aryl methyl sites for hydroxylation is 1. The minimum Gasteiger partial charge on any atom is -0.378 e. The number of nitrogens with zero attached hydrogens (tertiary/aromatic N) is 2. The summed E-state index contributed by atoms with van der Waals surface area (Å²) < 4.78 is 9.80. The van der Waals surface area contributed by atoms with E-state index in [1.807, 2.05) is 0 Å². The van der Waals surface area contributed by atoms with Gasteiger partial charge in [-0.05, 0) is 50.2 Å². The van der Waals surface area contributed by atoms with E-state index in [1.54, 1.807) is 11.5 Å². The molecule has 1 saturated heterocycles. The molecule has 1 aromatic heterocycles. The molecular formula is C13H23N3OS. The zero-order valence-corrected chi connectivity index (χ0v) is 12.1. The Hall–Kier alpha value is -0.520. The second-order valence-corrected chi connectivity index (χ2v) is 5.55. The summed E-state index contributed by atoms with van der Waals surface area (Å²) in [5.41, 5.74) is 1.15. The lowest BCUT2D eigenvalue weighted by Crippen LogP contribution is -2.22. The first-order valence-corrected chi connectivity index (χ1v) is 7.78. The van der Waals surface area contributed by atoms with Crippen molar-refractivity contribution < 1.29 is 4.74 Å². The quantitative estimate of drug-likeness (QED) is 0.827. The van der Waals surface area contributed by atoms with E-state index in [9.17, 15) is 0 Å². The summed E-state index contributed by atoms with van der Waals surface area (Å²) in [4.78, 5) is 1.32. The van der Waals surface area contributed by atoms with Crippen molar-refractivity contribution in [2.24, 2.45) is 0 Å². The normalized spacial score (nSPS) is 21.3. The fraction of sp³-hybridized carbons (Fsp3) is 0.846. The van der Waals surface area contributed by atoms with Crippen molar-refractivity contribution in [2.45, 2.75) is 58.1 Å². The molecule has 2 heterocycles. The topological polar surface area (TPSA) is 47.0 Å². The van der Waals surface area contributed by atoms with E-state index in [1.165, 1.54) is 17.7 Å². The number of nitrogens with one attached hydrogen (secondary N) is 1. The van der Waals surface area contributed by atoms with Crippen LogP contribution in [0, 0.1) is 0 Å². The Morgan fingerprint density at radius 3 is 3.06 bits per heavy atom. The molecule has 1 aliphatic rings. The first kappa shape index (κ1) is 13.9. The van der Waals surface area contributed by atoms with Gasteiger partial charge in [-0.2, -0.15) is 0 Å². The minimum atomic E-state index is 0.397. The number of aromatic nitrogens is 2. The molecular weight excluding hydrogens is 246 g/mol. The molecule has 2 atom stereocenters. The molecule has 1 N–H and O–H groups in total. The van der Waals surface area contributed by atoms with Crippen molar-refractivity contribution in [3.63, 3.8) is 0 Å². The minimum absolute atomic E-state index is 0.397. The summed E-state index contributed by atoms with van der Waals surface area (Å²) >= 11 is 1.54. The number of ether oxygens (including phenoxy) is 1. The SMILES string of the molecule is CCNC(CCC1CCCO1)c1snnc1CC. The molecule has 1 fully saturated rings. The molecule has 1 aromatic rings. The summed E-state index contributed by atoms with van der Waals surface area (Å²) in [5, 5.41) is 7.77. The predicted molar refractivity (Wildman–Crippen MR) is 73.9 cm³/mol. The highest BCUT2D eigenvalue weighted by molar-refractivity contribution is 7.05. The van der Waals surface area contributed by atoms with Gasteiger partial charge in [0.25, 0.3) is 0 Å². The summed E-state index contributed by atoms with van der Waals surface area (Å²) in [5.74, 6) is 0. The smallest absolute Gasteiger partial charge is 0.0800 e. The molecule has 2 rings (SSSR count). The molecule has 102 valence electrons. The van der Waals surface area contributed by atoms with Gasteiger partial charge in [-0.1, -0.05) is 18.3 Å². The molecule has 0 saturated carbocycles. The molecule has 0 aromatic carbocycles. The molecule has 0 bridgehead atoms. The molecule has 0 amide bonds. The van der Waals surface area contributed by atoms with E-state index in [2.05, 4.69) is 28.8 Å². The van der Waals surface area contributed by atoms with Crippen LogP contribution in [0.15, 0.2) is 0 Å². The average molecular weight is 269 g/mol. The van der Waals surface area contributed by atoms with Crippen LogP contribution in [-0.4, -0.2) is 28.8 Å². The standard InChI is InChI=1S/C13H23N3OS/c1-3-11-13(18-16-15-11)12(14-4-2)8-7-10-6-5-9-17-10/h10,12,14H,3-9H2,1-2H3.